The minimum atomic E-state index is 0.498. The van der Waals surface area contributed by atoms with Crippen LogP contribution in [0, 0.1) is 11.3 Å². The Kier molecular flexibility index (Phi) is 4.40. The maximum absolute atomic E-state index is 8.82. The number of nitrogens with zero attached hydrogens (tertiary/aromatic N) is 1. The van der Waals surface area contributed by atoms with Crippen LogP contribution < -0.4 is 4.74 Å². The fourth-order valence-corrected chi connectivity index (χ4v) is 2.36. The fourth-order valence-electron chi connectivity index (χ4n) is 1.47. The highest BCUT2D eigenvalue weighted by molar-refractivity contribution is 9.10. The number of halogens is 2. The van der Waals surface area contributed by atoms with Crippen LogP contribution in [0.2, 0.25) is 0 Å². The number of nitriles is 1. The van der Waals surface area contributed by atoms with Crippen LogP contribution in [0.3, 0.4) is 0 Å². The normalized spacial score (nSPS) is 9.83. The van der Waals surface area contributed by atoms with Crippen molar-refractivity contribution in [3.05, 3.63) is 62.5 Å². The van der Waals surface area contributed by atoms with Crippen molar-refractivity contribution in [2.45, 2.75) is 6.61 Å². The highest BCUT2D eigenvalue weighted by Crippen LogP contribution is 2.23. The van der Waals surface area contributed by atoms with E-state index in [4.69, 9.17) is 10.00 Å². The molecule has 0 N–H and O–H groups in total. The summed E-state index contributed by atoms with van der Waals surface area (Å²) in [5.41, 5.74) is 1.69. The number of rotatable bonds is 3. The lowest BCUT2D eigenvalue weighted by Gasteiger charge is -2.07. The third-order valence-corrected chi connectivity index (χ3v) is 3.50. The van der Waals surface area contributed by atoms with E-state index in [1.54, 1.807) is 18.2 Å². The van der Waals surface area contributed by atoms with E-state index >= 15 is 0 Å². The predicted octanol–water partition coefficient (Wildman–Crippen LogP) is 4.66. The molecule has 2 aromatic carbocycles. The van der Waals surface area contributed by atoms with Crippen LogP contribution in [0.15, 0.2) is 51.4 Å². The molecule has 0 heterocycles. The minimum absolute atomic E-state index is 0.498. The van der Waals surface area contributed by atoms with Crippen LogP contribution in [-0.4, -0.2) is 0 Å². The summed E-state index contributed by atoms with van der Waals surface area (Å²) in [4.78, 5) is 0. The first-order chi connectivity index (χ1) is 8.69. The summed E-state index contributed by atoms with van der Waals surface area (Å²) < 4.78 is 7.45. The summed E-state index contributed by atoms with van der Waals surface area (Å²) >= 11 is 6.75. The maximum Gasteiger partial charge on any atom is 0.121 e. The van der Waals surface area contributed by atoms with Gasteiger partial charge < -0.3 is 4.74 Å². The van der Waals surface area contributed by atoms with Crippen molar-refractivity contribution in [3.63, 3.8) is 0 Å². The molecule has 0 fully saturated rings. The SMILES string of the molecule is N#Cc1ccc(OCc2cccc(Br)c2)cc1Br. The molecule has 0 aliphatic carbocycles. The second-order valence-electron chi connectivity index (χ2n) is 3.67. The van der Waals surface area contributed by atoms with Crippen LogP contribution in [0.5, 0.6) is 5.75 Å². The molecule has 0 amide bonds. The standard InChI is InChI=1S/C14H9Br2NO/c15-12-3-1-2-10(6-12)9-18-13-5-4-11(8-17)14(16)7-13/h1-7H,9H2. The first-order valence-corrected chi connectivity index (χ1v) is 6.84. The van der Waals surface area contributed by atoms with Gasteiger partial charge in [0.25, 0.3) is 0 Å². The zero-order valence-corrected chi connectivity index (χ0v) is 12.5. The second kappa shape index (κ2) is 6.03. The smallest absolute Gasteiger partial charge is 0.121 e. The maximum atomic E-state index is 8.82. The monoisotopic (exact) mass is 365 g/mol. The molecule has 2 aromatic rings. The van der Waals surface area contributed by atoms with Gasteiger partial charge in [0.2, 0.25) is 0 Å². The lowest BCUT2D eigenvalue weighted by atomic mass is 10.2. The van der Waals surface area contributed by atoms with Gasteiger partial charge in [-0.1, -0.05) is 28.1 Å². The topological polar surface area (TPSA) is 33.0 Å². The first kappa shape index (κ1) is 13.1. The minimum Gasteiger partial charge on any atom is -0.489 e. The lowest BCUT2D eigenvalue weighted by molar-refractivity contribution is 0.306. The Bertz CT molecular complexity index is 605. The van der Waals surface area contributed by atoms with E-state index in [0.29, 0.717) is 12.2 Å². The highest BCUT2D eigenvalue weighted by atomic mass is 79.9. The second-order valence-corrected chi connectivity index (χ2v) is 5.44. The number of hydrogen-bond acceptors (Lipinski definition) is 2. The van der Waals surface area contributed by atoms with Crippen molar-refractivity contribution >= 4 is 31.9 Å². The molecule has 0 aliphatic rings. The van der Waals surface area contributed by atoms with E-state index in [2.05, 4.69) is 37.9 Å². The predicted molar refractivity (Wildman–Crippen MR) is 77.3 cm³/mol. The van der Waals surface area contributed by atoms with Gasteiger partial charge in [0.1, 0.15) is 18.4 Å². The molecule has 0 atom stereocenters. The molecule has 4 heteroatoms. The molecule has 0 radical (unpaired) electrons. The summed E-state index contributed by atoms with van der Waals surface area (Å²) in [6, 6.07) is 15.4. The Hall–Kier alpha value is -1.31. The molecule has 0 aliphatic heterocycles. The summed E-state index contributed by atoms with van der Waals surface area (Å²) in [5.74, 6) is 0.737. The van der Waals surface area contributed by atoms with Gasteiger partial charge in [-0.05, 0) is 51.8 Å². The molecule has 0 aromatic heterocycles. The van der Waals surface area contributed by atoms with Crippen LogP contribution in [0.4, 0.5) is 0 Å². The van der Waals surface area contributed by atoms with Gasteiger partial charge >= 0.3 is 0 Å². The van der Waals surface area contributed by atoms with E-state index in [9.17, 15) is 0 Å². The summed E-state index contributed by atoms with van der Waals surface area (Å²) in [5, 5.41) is 8.82. The average molecular weight is 367 g/mol. The van der Waals surface area contributed by atoms with Crippen LogP contribution >= 0.6 is 31.9 Å². The van der Waals surface area contributed by atoms with Gasteiger partial charge in [-0.3, -0.25) is 0 Å². The van der Waals surface area contributed by atoms with Crippen LogP contribution in [-0.2, 0) is 6.61 Å². The first-order valence-electron chi connectivity index (χ1n) is 5.26. The summed E-state index contributed by atoms with van der Waals surface area (Å²) in [6.07, 6.45) is 0. The van der Waals surface area contributed by atoms with Crippen LogP contribution in [0.1, 0.15) is 11.1 Å². The summed E-state index contributed by atoms with van der Waals surface area (Å²) in [6.45, 7) is 0.498. The Morgan fingerprint density at radius 2 is 1.94 bits per heavy atom. The number of benzene rings is 2. The van der Waals surface area contributed by atoms with Crippen LogP contribution in [0.25, 0.3) is 0 Å². The zero-order chi connectivity index (χ0) is 13.0. The zero-order valence-electron chi connectivity index (χ0n) is 9.36. The van der Waals surface area contributed by atoms with Gasteiger partial charge in [0, 0.05) is 8.95 Å². The van der Waals surface area contributed by atoms with E-state index in [1.165, 1.54) is 0 Å². The van der Waals surface area contributed by atoms with Crippen molar-refractivity contribution in [2.75, 3.05) is 0 Å². The molecule has 90 valence electrons. The van der Waals surface area contributed by atoms with Gasteiger partial charge in [0.05, 0.1) is 5.56 Å². The van der Waals surface area contributed by atoms with E-state index in [-0.39, 0.29) is 0 Å². The van der Waals surface area contributed by atoms with E-state index in [1.807, 2.05) is 24.3 Å². The largest absolute Gasteiger partial charge is 0.489 e. The third kappa shape index (κ3) is 3.34. The summed E-state index contributed by atoms with van der Waals surface area (Å²) in [7, 11) is 0. The molecule has 2 nitrogen and oxygen atoms in total. The van der Waals surface area contributed by atoms with Gasteiger partial charge in [-0.2, -0.15) is 5.26 Å². The van der Waals surface area contributed by atoms with Crippen molar-refractivity contribution in [1.82, 2.24) is 0 Å². The van der Waals surface area contributed by atoms with E-state index < -0.39 is 0 Å². The van der Waals surface area contributed by atoms with Crippen molar-refractivity contribution in [3.8, 4) is 11.8 Å². The quantitative estimate of drug-likeness (QED) is 0.791. The Balaban J connectivity index is 2.07. The Labute approximate surface area is 122 Å². The molecule has 0 unspecified atom stereocenters. The Morgan fingerprint density at radius 3 is 2.61 bits per heavy atom. The molecule has 18 heavy (non-hydrogen) atoms. The average Bonchev–Trinajstić information content (AvgIpc) is 2.37. The molecular formula is C14H9Br2NO. The Morgan fingerprint density at radius 1 is 1.11 bits per heavy atom. The molecule has 0 spiro atoms. The van der Waals surface area contributed by atoms with Gasteiger partial charge in [-0.15, -0.1) is 0 Å². The molecular weight excluding hydrogens is 358 g/mol. The molecule has 0 bridgehead atoms. The molecule has 2 rings (SSSR count). The van der Waals surface area contributed by atoms with Gasteiger partial charge in [-0.25, -0.2) is 0 Å². The number of hydrogen-bond donors (Lipinski definition) is 0. The van der Waals surface area contributed by atoms with Gasteiger partial charge in [0.15, 0.2) is 0 Å². The van der Waals surface area contributed by atoms with Crippen molar-refractivity contribution in [1.29, 1.82) is 5.26 Å². The fraction of sp³-hybridized carbons (Fsp3) is 0.0714. The lowest BCUT2D eigenvalue weighted by Crippen LogP contribution is -1.95. The van der Waals surface area contributed by atoms with Crippen molar-refractivity contribution in [2.24, 2.45) is 0 Å². The van der Waals surface area contributed by atoms with Crippen molar-refractivity contribution < 1.29 is 4.74 Å². The number of ether oxygens (including phenoxy) is 1. The molecule has 0 saturated heterocycles. The van der Waals surface area contributed by atoms with E-state index in [0.717, 1.165) is 20.3 Å². The highest BCUT2D eigenvalue weighted by Gasteiger charge is 2.02. The molecule has 0 saturated carbocycles. The third-order valence-electron chi connectivity index (χ3n) is 2.36.